The monoisotopic (exact) mass is 258 g/mol. The van der Waals surface area contributed by atoms with Crippen molar-refractivity contribution >= 4 is 11.6 Å². The van der Waals surface area contributed by atoms with Gasteiger partial charge in [0, 0.05) is 5.56 Å². The Hall–Kier alpha value is -1.46. The maximum absolute atomic E-state index is 12.7. The molecule has 0 aliphatic carbocycles. The van der Waals surface area contributed by atoms with Crippen LogP contribution in [0.25, 0.3) is 5.69 Å². The van der Waals surface area contributed by atoms with Gasteiger partial charge in [0.15, 0.2) is 0 Å². The van der Waals surface area contributed by atoms with Gasteiger partial charge in [-0.15, -0.1) is 0 Å². The van der Waals surface area contributed by atoms with Crippen LogP contribution in [-0.2, 0) is 6.61 Å². The molecule has 0 aliphatic heterocycles. The number of rotatable bonds is 3. The Morgan fingerprint density at radius 3 is 2.41 bits per heavy atom. The number of para-hydroxylation sites is 1. The first-order chi connectivity index (χ1) is 8.15. The van der Waals surface area contributed by atoms with Gasteiger partial charge < -0.3 is 5.11 Å². The minimum absolute atomic E-state index is 0.00833. The third kappa shape index (κ3) is 2.16. The summed E-state index contributed by atoms with van der Waals surface area (Å²) in [5, 5.41) is 12.8. The summed E-state index contributed by atoms with van der Waals surface area (Å²) in [5.74, 6) is 0. The third-order valence-electron chi connectivity index (χ3n) is 2.32. The lowest BCUT2D eigenvalue weighted by atomic mass is 10.2. The fourth-order valence-electron chi connectivity index (χ4n) is 1.51. The number of aliphatic hydroxyl groups is 1. The topological polar surface area (TPSA) is 38.1 Å². The van der Waals surface area contributed by atoms with E-state index in [1.807, 2.05) is 0 Å². The molecule has 0 saturated carbocycles. The fraction of sp³-hybridized carbons (Fsp3) is 0.182. The van der Waals surface area contributed by atoms with Gasteiger partial charge in [-0.3, -0.25) is 0 Å². The Kier molecular flexibility index (Phi) is 3.40. The highest BCUT2D eigenvalue weighted by molar-refractivity contribution is 6.30. The standard InChI is InChI=1S/C11H9ClF2N2O/c12-10-8(6-17)9(11(13)14)15-16(10)7-4-2-1-3-5-7/h1-5,11,17H,6H2. The molecule has 0 bridgehead atoms. The van der Waals surface area contributed by atoms with Crippen LogP contribution >= 0.6 is 11.6 Å². The molecule has 0 atom stereocenters. The third-order valence-corrected chi connectivity index (χ3v) is 2.71. The van der Waals surface area contributed by atoms with Crippen LogP contribution < -0.4 is 0 Å². The summed E-state index contributed by atoms with van der Waals surface area (Å²) in [6, 6.07) is 8.66. The lowest BCUT2D eigenvalue weighted by Crippen LogP contribution is -1.97. The fourth-order valence-corrected chi connectivity index (χ4v) is 1.80. The number of aromatic nitrogens is 2. The van der Waals surface area contributed by atoms with Gasteiger partial charge in [0.05, 0.1) is 12.3 Å². The molecule has 0 spiro atoms. The van der Waals surface area contributed by atoms with Crippen LogP contribution in [0.2, 0.25) is 5.15 Å². The highest BCUT2D eigenvalue weighted by Gasteiger charge is 2.22. The van der Waals surface area contributed by atoms with E-state index in [1.165, 1.54) is 4.68 Å². The van der Waals surface area contributed by atoms with Crippen LogP contribution in [0.1, 0.15) is 17.7 Å². The average Bonchev–Trinajstić information content (AvgIpc) is 2.67. The molecule has 0 fully saturated rings. The SMILES string of the molecule is OCc1c(C(F)F)nn(-c2ccccc2)c1Cl. The zero-order chi connectivity index (χ0) is 12.4. The minimum Gasteiger partial charge on any atom is -0.391 e. The van der Waals surface area contributed by atoms with Crippen molar-refractivity contribution in [2.45, 2.75) is 13.0 Å². The maximum Gasteiger partial charge on any atom is 0.282 e. The largest absolute Gasteiger partial charge is 0.391 e. The van der Waals surface area contributed by atoms with Gasteiger partial charge in [-0.05, 0) is 12.1 Å². The second kappa shape index (κ2) is 4.81. The van der Waals surface area contributed by atoms with E-state index in [0.717, 1.165) is 0 Å². The van der Waals surface area contributed by atoms with E-state index in [9.17, 15) is 8.78 Å². The summed E-state index contributed by atoms with van der Waals surface area (Å²) >= 11 is 5.92. The lowest BCUT2D eigenvalue weighted by molar-refractivity contribution is 0.141. The smallest absolute Gasteiger partial charge is 0.282 e. The molecule has 2 aromatic rings. The zero-order valence-electron chi connectivity index (χ0n) is 8.65. The molecule has 0 unspecified atom stereocenters. The molecule has 0 radical (unpaired) electrons. The van der Waals surface area contributed by atoms with Gasteiger partial charge in [0.25, 0.3) is 6.43 Å². The van der Waals surface area contributed by atoms with Gasteiger partial charge in [-0.1, -0.05) is 29.8 Å². The number of halogens is 3. The Labute approximate surface area is 101 Å². The molecule has 2 rings (SSSR count). The van der Waals surface area contributed by atoms with Crippen molar-refractivity contribution in [3.05, 3.63) is 46.7 Å². The van der Waals surface area contributed by atoms with Gasteiger partial charge >= 0.3 is 0 Å². The van der Waals surface area contributed by atoms with E-state index >= 15 is 0 Å². The molecule has 0 amide bonds. The number of hydrogen-bond acceptors (Lipinski definition) is 2. The highest BCUT2D eigenvalue weighted by Crippen LogP contribution is 2.29. The van der Waals surface area contributed by atoms with Crippen molar-refractivity contribution in [2.75, 3.05) is 0 Å². The van der Waals surface area contributed by atoms with Crippen molar-refractivity contribution in [3.63, 3.8) is 0 Å². The molecule has 1 aromatic heterocycles. The first kappa shape index (κ1) is 12.0. The second-order valence-electron chi connectivity index (χ2n) is 3.36. The Balaban J connectivity index is 2.57. The number of hydrogen-bond donors (Lipinski definition) is 1. The van der Waals surface area contributed by atoms with Crippen LogP contribution in [0, 0.1) is 0 Å². The Bertz CT molecular complexity index is 514. The molecule has 17 heavy (non-hydrogen) atoms. The van der Waals surface area contributed by atoms with Crippen LogP contribution in [-0.4, -0.2) is 14.9 Å². The van der Waals surface area contributed by atoms with Gasteiger partial charge in [-0.25, -0.2) is 13.5 Å². The van der Waals surface area contributed by atoms with E-state index in [2.05, 4.69) is 5.10 Å². The average molecular weight is 259 g/mol. The van der Waals surface area contributed by atoms with Crippen molar-refractivity contribution in [1.29, 1.82) is 0 Å². The van der Waals surface area contributed by atoms with Crippen LogP contribution in [0.3, 0.4) is 0 Å². The first-order valence-corrected chi connectivity index (χ1v) is 5.24. The molecular weight excluding hydrogens is 250 g/mol. The zero-order valence-corrected chi connectivity index (χ0v) is 9.40. The number of aliphatic hydroxyl groups excluding tert-OH is 1. The van der Waals surface area contributed by atoms with Crippen molar-refractivity contribution in [2.24, 2.45) is 0 Å². The van der Waals surface area contributed by atoms with Crippen LogP contribution in [0.4, 0.5) is 8.78 Å². The highest BCUT2D eigenvalue weighted by atomic mass is 35.5. The van der Waals surface area contributed by atoms with Gasteiger partial charge in [-0.2, -0.15) is 5.10 Å². The number of alkyl halides is 2. The van der Waals surface area contributed by atoms with Gasteiger partial charge in [0.1, 0.15) is 10.8 Å². The quantitative estimate of drug-likeness (QED) is 0.919. The molecule has 0 aliphatic rings. The predicted molar refractivity (Wildman–Crippen MR) is 59.5 cm³/mol. The minimum atomic E-state index is -2.76. The summed E-state index contributed by atoms with van der Waals surface area (Å²) in [6.45, 7) is -0.564. The molecule has 6 heteroatoms. The number of benzene rings is 1. The summed E-state index contributed by atoms with van der Waals surface area (Å²) in [4.78, 5) is 0. The molecule has 1 aromatic carbocycles. The Morgan fingerprint density at radius 1 is 1.29 bits per heavy atom. The summed E-state index contributed by atoms with van der Waals surface area (Å²) in [5.41, 5.74) is 0.0472. The molecule has 3 nitrogen and oxygen atoms in total. The first-order valence-electron chi connectivity index (χ1n) is 4.87. The van der Waals surface area contributed by atoms with Crippen LogP contribution in [0.5, 0.6) is 0 Å². The molecule has 90 valence electrons. The van der Waals surface area contributed by atoms with Crippen LogP contribution in [0.15, 0.2) is 30.3 Å². The Morgan fingerprint density at radius 2 is 1.94 bits per heavy atom. The second-order valence-corrected chi connectivity index (χ2v) is 3.72. The number of nitrogens with zero attached hydrogens (tertiary/aromatic N) is 2. The summed E-state index contributed by atoms with van der Waals surface area (Å²) in [6.07, 6.45) is -2.76. The summed E-state index contributed by atoms with van der Waals surface area (Å²) in [7, 11) is 0. The van der Waals surface area contributed by atoms with Crippen molar-refractivity contribution in [1.82, 2.24) is 9.78 Å². The summed E-state index contributed by atoms with van der Waals surface area (Å²) < 4.78 is 26.5. The molecular formula is C11H9ClF2N2O. The van der Waals surface area contributed by atoms with E-state index < -0.39 is 18.7 Å². The van der Waals surface area contributed by atoms with E-state index in [1.54, 1.807) is 30.3 Å². The van der Waals surface area contributed by atoms with Gasteiger partial charge in [0.2, 0.25) is 0 Å². The lowest BCUT2D eigenvalue weighted by Gasteiger charge is -2.01. The predicted octanol–water partition coefficient (Wildman–Crippen LogP) is 2.96. The molecule has 0 saturated heterocycles. The van der Waals surface area contributed by atoms with Crippen molar-refractivity contribution in [3.8, 4) is 5.69 Å². The molecule has 1 heterocycles. The van der Waals surface area contributed by atoms with E-state index in [0.29, 0.717) is 5.69 Å². The molecule has 1 N–H and O–H groups in total. The maximum atomic E-state index is 12.7. The van der Waals surface area contributed by atoms with Crippen molar-refractivity contribution < 1.29 is 13.9 Å². The van der Waals surface area contributed by atoms with E-state index in [4.69, 9.17) is 16.7 Å². The normalized spacial score (nSPS) is 11.1. The van der Waals surface area contributed by atoms with E-state index in [-0.39, 0.29) is 10.7 Å².